The van der Waals surface area contributed by atoms with Crippen molar-refractivity contribution in [1.82, 2.24) is 5.32 Å². The molecule has 1 nitrogen and oxygen atoms in total. The lowest BCUT2D eigenvalue weighted by molar-refractivity contribution is 0.363. The predicted octanol–water partition coefficient (Wildman–Crippen LogP) is 5.16. The lowest BCUT2D eigenvalue weighted by atomic mass is 9.98. The molecule has 0 saturated carbocycles. The van der Waals surface area contributed by atoms with Crippen LogP contribution in [0.2, 0.25) is 0 Å². The molecule has 1 aliphatic rings. The first kappa shape index (κ1) is 13.6. The minimum Gasteiger partial charge on any atom is -0.310 e. The molecular weight excluding hydrogens is 273 g/mol. The van der Waals surface area contributed by atoms with Crippen LogP contribution < -0.4 is 5.32 Å². The van der Waals surface area contributed by atoms with Gasteiger partial charge in [-0.05, 0) is 37.1 Å². The summed E-state index contributed by atoms with van der Waals surface area (Å²) in [5.74, 6) is 0. The number of hydrogen-bond acceptors (Lipinski definition) is 1. The molecule has 18 heavy (non-hydrogen) atoms. The van der Waals surface area contributed by atoms with Gasteiger partial charge in [-0.2, -0.15) is 0 Å². The van der Waals surface area contributed by atoms with Gasteiger partial charge >= 0.3 is 10.2 Å². The Hall–Kier alpha value is -0.820. The number of benzene rings is 1. The summed E-state index contributed by atoms with van der Waals surface area (Å²) in [6, 6.07) is 3.19. The number of rotatable bonds is 2. The van der Waals surface area contributed by atoms with E-state index in [0.29, 0.717) is 17.7 Å². The molecule has 0 amide bonds. The summed E-state index contributed by atoms with van der Waals surface area (Å²) >= 11 is 0. The molecule has 1 aliphatic heterocycles. The van der Waals surface area contributed by atoms with Crippen LogP contribution in [0.3, 0.4) is 0 Å². The number of halogens is 5. The molecule has 1 saturated heterocycles. The summed E-state index contributed by atoms with van der Waals surface area (Å²) in [4.78, 5) is -1.82. The Morgan fingerprint density at radius 3 is 2.00 bits per heavy atom. The van der Waals surface area contributed by atoms with Crippen molar-refractivity contribution in [3.63, 3.8) is 0 Å². The van der Waals surface area contributed by atoms with E-state index in [-0.39, 0.29) is 6.04 Å². The third-order valence-electron chi connectivity index (χ3n) is 3.04. The normalized spacial score (nSPS) is 25.3. The Morgan fingerprint density at radius 2 is 1.56 bits per heavy atom. The predicted molar refractivity (Wildman–Crippen MR) is 62.4 cm³/mol. The van der Waals surface area contributed by atoms with Gasteiger partial charge in [-0.15, -0.1) is 0 Å². The van der Waals surface area contributed by atoms with E-state index < -0.39 is 15.1 Å². The Morgan fingerprint density at radius 1 is 0.944 bits per heavy atom. The molecule has 1 N–H and O–H groups in total. The largest absolute Gasteiger partial charge is 0.310 e. The minimum absolute atomic E-state index is 0.0358. The van der Waals surface area contributed by atoms with Gasteiger partial charge in [0.05, 0.1) is 0 Å². The highest BCUT2D eigenvalue weighted by Crippen LogP contribution is 3.02. The van der Waals surface area contributed by atoms with E-state index in [4.69, 9.17) is 0 Å². The van der Waals surface area contributed by atoms with Crippen LogP contribution in [0.25, 0.3) is 0 Å². The first-order valence-corrected chi connectivity index (χ1v) is 7.59. The van der Waals surface area contributed by atoms with Crippen LogP contribution >= 0.6 is 10.2 Å². The molecule has 1 aromatic carbocycles. The van der Waals surface area contributed by atoms with Crippen molar-refractivity contribution in [3.8, 4) is 0 Å². The number of piperidine rings is 1. The van der Waals surface area contributed by atoms with Gasteiger partial charge in [-0.1, -0.05) is 38.0 Å². The minimum atomic E-state index is -9.53. The van der Waals surface area contributed by atoms with Crippen molar-refractivity contribution in [3.05, 3.63) is 29.8 Å². The summed E-state index contributed by atoms with van der Waals surface area (Å²) in [5, 5.41) is 3.15. The van der Waals surface area contributed by atoms with Gasteiger partial charge in [0, 0.05) is 6.04 Å². The van der Waals surface area contributed by atoms with Crippen molar-refractivity contribution in [2.45, 2.75) is 30.2 Å². The van der Waals surface area contributed by atoms with E-state index in [1.165, 1.54) is 0 Å². The maximum absolute atomic E-state index is 12.5. The molecule has 1 aromatic rings. The van der Waals surface area contributed by atoms with Crippen LogP contribution in [-0.2, 0) is 0 Å². The number of hydrogen-bond donors (Lipinski definition) is 1. The molecule has 0 aromatic heterocycles. The Balaban J connectivity index is 2.26. The van der Waals surface area contributed by atoms with Crippen molar-refractivity contribution in [1.29, 1.82) is 0 Å². The van der Waals surface area contributed by atoms with Gasteiger partial charge in [0.1, 0.15) is 4.90 Å². The van der Waals surface area contributed by atoms with Crippen molar-refractivity contribution < 1.29 is 19.4 Å². The molecule has 104 valence electrons. The van der Waals surface area contributed by atoms with E-state index in [0.717, 1.165) is 37.9 Å². The standard InChI is InChI=1S/C11H14F5NS/c12-18(13,14,15,16)10-6-4-9(5-7-10)11-3-1-2-8-17-11/h4-7,11,17H,1-3,8H2. The molecule has 1 fully saturated rings. The fourth-order valence-corrected chi connectivity index (χ4v) is 2.74. The fourth-order valence-electron chi connectivity index (χ4n) is 2.09. The van der Waals surface area contributed by atoms with Crippen LogP contribution in [0.1, 0.15) is 30.9 Å². The van der Waals surface area contributed by atoms with Gasteiger partial charge in [0.25, 0.3) is 0 Å². The van der Waals surface area contributed by atoms with E-state index in [1.54, 1.807) is 0 Å². The monoisotopic (exact) mass is 287 g/mol. The van der Waals surface area contributed by atoms with Crippen LogP contribution in [0, 0.1) is 0 Å². The van der Waals surface area contributed by atoms with Gasteiger partial charge < -0.3 is 5.32 Å². The molecule has 0 aliphatic carbocycles. The number of nitrogens with one attached hydrogen (secondary N) is 1. The summed E-state index contributed by atoms with van der Waals surface area (Å²) in [6.45, 7) is 0.800. The van der Waals surface area contributed by atoms with Crippen molar-refractivity contribution in [2.24, 2.45) is 0 Å². The van der Waals surface area contributed by atoms with Gasteiger partial charge in [0.15, 0.2) is 0 Å². The van der Waals surface area contributed by atoms with Crippen molar-refractivity contribution in [2.75, 3.05) is 6.54 Å². The van der Waals surface area contributed by atoms with E-state index in [1.807, 2.05) is 0 Å². The Kier molecular flexibility index (Phi) is 2.72. The maximum atomic E-state index is 12.5. The van der Waals surface area contributed by atoms with Gasteiger partial charge in [-0.25, -0.2) is 0 Å². The van der Waals surface area contributed by atoms with Crippen LogP contribution in [0.4, 0.5) is 19.4 Å². The average molecular weight is 287 g/mol. The van der Waals surface area contributed by atoms with Crippen LogP contribution in [-0.4, -0.2) is 6.54 Å². The Bertz CT molecular complexity index is 432. The summed E-state index contributed by atoms with van der Waals surface area (Å²) in [5.41, 5.74) is 0.625. The highest BCUT2D eigenvalue weighted by molar-refractivity contribution is 8.45. The second kappa shape index (κ2) is 3.60. The second-order valence-electron chi connectivity index (χ2n) is 4.54. The first-order valence-electron chi connectivity index (χ1n) is 5.64. The Labute approximate surface area is 102 Å². The quantitative estimate of drug-likeness (QED) is 0.741. The molecule has 2 rings (SSSR count). The fraction of sp³-hybridized carbons (Fsp3) is 0.455. The lowest BCUT2D eigenvalue weighted by Gasteiger charge is -2.40. The molecular formula is C11H14F5NS. The first-order chi connectivity index (χ1) is 8.06. The smallest absolute Gasteiger partial charge is 0.310 e. The van der Waals surface area contributed by atoms with Crippen LogP contribution in [0.5, 0.6) is 0 Å². The molecule has 0 spiro atoms. The topological polar surface area (TPSA) is 12.0 Å². The second-order valence-corrected chi connectivity index (χ2v) is 6.95. The highest BCUT2D eigenvalue weighted by Gasteiger charge is 2.65. The maximum Gasteiger partial charge on any atom is 0.310 e. The van der Waals surface area contributed by atoms with E-state index in [9.17, 15) is 19.4 Å². The lowest BCUT2D eigenvalue weighted by Crippen LogP contribution is -2.26. The zero-order valence-corrected chi connectivity index (χ0v) is 10.3. The summed E-state index contributed by atoms with van der Waals surface area (Å²) in [6.07, 6.45) is 2.83. The SMILES string of the molecule is FS(F)(F)(F)(F)c1ccc(C2CCCCN2)cc1. The molecule has 0 radical (unpaired) electrons. The molecule has 1 atom stereocenters. The molecule has 1 heterocycles. The molecule has 1 unspecified atom stereocenters. The molecule has 7 heteroatoms. The summed E-state index contributed by atoms with van der Waals surface area (Å²) < 4.78 is 62.5. The zero-order chi connectivity index (χ0) is 13.5. The average Bonchev–Trinajstić information content (AvgIpc) is 2.28. The van der Waals surface area contributed by atoms with Gasteiger partial charge in [-0.3, -0.25) is 0 Å². The van der Waals surface area contributed by atoms with E-state index in [2.05, 4.69) is 5.32 Å². The molecule has 0 bridgehead atoms. The highest BCUT2D eigenvalue weighted by atomic mass is 32.5. The third-order valence-corrected chi connectivity index (χ3v) is 4.20. The van der Waals surface area contributed by atoms with E-state index >= 15 is 0 Å². The summed E-state index contributed by atoms with van der Waals surface area (Å²) in [7, 11) is -9.53. The van der Waals surface area contributed by atoms with Crippen LogP contribution in [0.15, 0.2) is 29.2 Å². The zero-order valence-electron chi connectivity index (χ0n) is 9.51. The third kappa shape index (κ3) is 3.14. The van der Waals surface area contributed by atoms with Crippen molar-refractivity contribution >= 4 is 10.2 Å². The van der Waals surface area contributed by atoms with Gasteiger partial charge in [0.2, 0.25) is 0 Å².